The lowest BCUT2D eigenvalue weighted by atomic mass is 9.91. The molecule has 0 atom stereocenters. The van der Waals surface area contributed by atoms with Crippen molar-refractivity contribution in [3.8, 4) is 0 Å². The van der Waals surface area contributed by atoms with Crippen LogP contribution in [0, 0.1) is 0 Å². The van der Waals surface area contributed by atoms with E-state index in [9.17, 15) is 0 Å². The smallest absolute Gasteiger partial charge is 0.0224 e. The third kappa shape index (κ3) is 1.52. The molecule has 0 heteroatoms. The molecule has 1 aromatic carbocycles. The molecule has 0 radical (unpaired) electrons. The van der Waals surface area contributed by atoms with E-state index in [0.29, 0.717) is 0 Å². The van der Waals surface area contributed by atoms with Crippen LogP contribution in [0.3, 0.4) is 0 Å². The summed E-state index contributed by atoms with van der Waals surface area (Å²) in [6.07, 6.45) is 9.91. The molecular formula is C14H16. The largest absolute Gasteiger partial charge is 0.0985 e. The molecule has 0 bridgehead atoms. The standard InChI is InChI=1S/C14H16/c1-3-11-9-13-7-5-6-8-14(13)10-12(11)4-2/h3,6,8-10H,1,4-5,7H2,2H3. The Bertz CT molecular complexity index is 383. The summed E-state index contributed by atoms with van der Waals surface area (Å²) in [6, 6.07) is 4.60. The molecular weight excluding hydrogens is 168 g/mol. The second kappa shape index (κ2) is 3.83. The van der Waals surface area contributed by atoms with Gasteiger partial charge in [-0.25, -0.2) is 0 Å². The molecule has 0 unspecified atom stereocenters. The van der Waals surface area contributed by atoms with Crippen LogP contribution >= 0.6 is 0 Å². The zero-order valence-corrected chi connectivity index (χ0v) is 8.72. The maximum Gasteiger partial charge on any atom is -0.0224 e. The average molecular weight is 184 g/mol. The van der Waals surface area contributed by atoms with E-state index in [2.05, 4.69) is 37.8 Å². The molecule has 1 aliphatic carbocycles. The first-order chi connectivity index (χ1) is 6.85. The van der Waals surface area contributed by atoms with E-state index in [1.807, 2.05) is 6.08 Å². The molecule has 1 aromatic rings. The van der Waals surface area contributed by atoms with E-state index in [0.717, 1.165) is 6.42 Å². The number of rotatable bonds is 2. The number of hydrogen-bond acceptors (Lipinski definition) is 0. The van der Waals surface area contributed by atoms with Crippen molar-refractivity contribution in [3.63, 3.8) is 0 Å². The predicted molar refractivity (Wildman–Crippen MR) is 63.3 cm³/mol. The summed E-state index contributed by atoms with van der Waals surface area (Å²) in [6.45, 7) is 6.07. The molecule has 0 N–H and O–H groups in total. The van der Waals surface area contributed by atoms with Gasteiger partial charge < -0.3 is 0 Å². The first kappa shape index (κ1) is 9.26. The van der Waals surface area contributed by atoms with Crippen molar-refractivity contribution < 1.29 is 0 Å². The monoisotopic (exact) mass is 184 g/mol. The van der Waals surface area contributed by atoms with Crippen LogP contribution in [-0.2, 0) is 12.8 Å². The Morgan fingerprint density at radius 1 is 1.43 bits per heavy atom. The third-order valence-electron chi connectivity index (χ3n) is 2.88. The quantitative estimate of drug-likeness (QED) is 0.655. The second-order valence-electron chi connectivity index (χ2n) is 3.75. The van der Waals surface area contributed by atoms with Gasteiger partial charge in [-0.2, -0.15) is 0 Å². The normalized spacial score (nSPS) is 13.8. The van der Waals surface area contributed by atoms with E-state index in [4.69, 9.17) is 0 Å². The minimum Gasteiger partial charge on any atom is -0.0985 e. The van der Waals surface area contributed by atoms with E-state index >= 15 is 0 Å². The fourth-order valence-corrected chi connectivity index (χ4v) is 2.04. The van der Waals surface area contributed by atoms with Gasteiger partial charge in [-0.15, -0.1) is 0 Å². The van der Waals surface area contributed by atoms with Gasteiger partial charge >= 0.3 is 0 Å². The molecule has 2 rings (SSSR count). The van der Waals surface area contributed by atoms with Crippen LogP contribution in [0.1, 0.15) is 35.6 Å². The van der Waals surface area contributed by atoms with Crippen molar-refractivity contribution in [2.24, 2.45) is 0 Å². The van der Waals surface area contributed by atoms with Gasteiger partial charge in [0.05, 0.1) is 0 Å². The molecule has 0 saturated carbocycles. The summed E-state index contributed by atoms with van der Waals surface area (Å²) in [7, 11) is 0. The summed E-state index contributed by atoms with van der Waals surface area (Å²) in [5.41, 5.74) is 5.59. The van der Waals surface area contributed by atoms with E-state index in [1.54, 1.807) is 0 Å². The molecule has 0 spiro atoms. The van der Waals surface area contributed by atoms with Crippen molar-refractivity contribution in [3.05, 3.63) is 47.0 Å². The number of aryl methyl sites for hydroxylation is 2. The molecule has 0 heterocycles. The van der Waals surface area contributed by atoms with Gasteiger partial charge in [-0.3, -0.25) is 0 Å². The van der Waals surface area contributed by atoms with Crippen molar-refractivity contribution in [1.29, 1.82) is 0 Å². The SMILES string of the molecule is C=Cc1cc2c(cc1CC)C=CCC2. The number of benzene rings is 1. The molecule has 0 fully saturated rings. The van der Waals surface area contributed by atoms with Crippen LogP contribution in [0.2, 0.25) is 0 Å². The van der Waals surface area contributed by atoms with Crippen LogP contribution in [0.25, 0.3) is 12.2 Å². The Kier molecular flexibility index (Phi) is 2.53. The molecule has 14 heavy (non-hydrogen) atoms. The van der Waals surface area contributed by atoms with E-state index in [-0.39, 0.29) is 0 Å². The molecule has 0 nitrogen and oxygen atoms in total. The minimum atomic E-state index is 1.09. The highest BCUT2D eigenvalue weighted by molar-refractivity contribution is 5.63. The maximum absolute atomic E-state index is 3.87. The number of hydrogen-bond donors (Lipinski definition) is 0. The summed E-state index contributed by atoms with van der Waals surface area (Å²) >= 11 is 0. The Morgan fingerprint density at radius 2 is 2.29 bits per heavy atom. The fraction of sp³-hybridized carbons (Fsp3) is 0.286. The Hall–Kier alpha value is -1.30. The highest BCUT2D eigenvalue weighted by Gasteiger charge is 2.07. The average Bonchev–Trinajstić information content (AvgIpc) is 2.27. The van der Waals surface area contributed by atoms with Gasteiger partial charge in [0.15, 0.2) is 0 Å². The summed E-state index contributed by atoms with van der Waals surface area (Å²) < 4.78 is 0. The molecule has 72 valence electrons. The van der Waals surface area contributed by atoms with Crippen molar-refractivity contribution in [2.45, 2.75) is 26.2 Å². The van der Waals surface area contributed by atoms with E-state index in [1.165, 1.54) is 35.1 Å². The summed E-state index contributed by atoms with van der Waals surface area (Å²) in [5.74, 6) is 0. The third-order valence-corrected chi connectivity index (χ3v) is 2.88. The first-order valence-electron chi connectivity index (χ1n) is 5.30. The van der Waals surface area contributed by atoms with Crippen LogP contribution < -0.4 is 0 Å². The first-order valence-corrected chi connectivity index (χ1v) is 5.30. The second-order valence-corrected chi connectivity index (χ2v) is 3.75. The van der Waals surface area contributed by atoms with Crippen LogP contribution in [0.15, 0.2) is 24.8 Å². The molecule has 0 amide bonds. The van der Waals surface area contributed by atoms with Gasteiger partial charge in [0, 0.05) is 0 Å². The molecule has 0 aromatic heterocycles. The van der Waals surface area contributed by atoms with Crippen molar-refractivity contribution >= 4 is 12.2 Å². The fourth-order valence-electron chi connectivity index (χ4n) is 2.04. The maximum atomic E-state index is 3.87. The van der Waals surface area contributed by atoms with Gasteiger partial charge in [-0.05, 0) is 41.5 Å². The summed E-state index contributed by atoms with van der Waals surface area (Å²) in [5, 5.41) is 0. The Balaban J connectivity index is 2.56. The minimum absolute atomic E-state index is 1.09. The number of fused-ring (bicyclic) bond motifs is 1. The van der Waals surface area contributed by atoms with Crippen LogP contribution in [-0.4, -0.2) is 0 Å². The van der Waals surface area contributed by atoms with Crippen LogP contribution in [0.4, 0.5) is 0 Å². The van der Waals surface area contributed by atoms with Crippen molar-refractivity contribution in [1.82, 2.24) is 0 Å². The highest BCUT2D eigenvalue weighted by atomic mass is 14.1. The van der Waals surface area contributed by atoms with E-state index < -0.39 is 0 Å². The van der Waals surface area contributed by atoms with Gasteiger partial charge in [0.25, 0.3) is 0 Å². The molecule has 0 saturated heterocycles. The lowest BCUT2D eigenvalue weighted by Crippen LogP contribution is -1.98. The Labute approximate surface area is 86.0 Å². The van der Waals surface area contributed by atoms with Gasteiger partial charge in [0.2, 0.25) is 0 Å². The highest BCUT2D eigenvalue weighted by Crippen LogP contribution is 2.24. The van der Waals surface area contributed by atoms with Crippen LogP contribution in [0.5, 0.6) is 0 Å². The zero-order valence-electron chi connectivity index (χ0n) is 8.72. The summed E-state index contributed by atoms with van der Waals surface area (Å²) in [4.78, 5) is 0. The Morgan fingerprint density at radius 3 is 3.00 bits per heavy atom. The topological polar surface area (TPSA) is 0 Å². The lowest BCUT2D eigenvalue weighted by molar-refractivity contribution is 0.978. The molecule has 0 aliphatic heterocycles. The van der Waals surface area contributed by atoms with Crippen molar-refractivity contribution in [2.75, 3.05) is 0 Å². The lowest BCUT2D eigenvalue weighted by Gasteiger charge is -2.14. The zero-order chi connectivity index (χ0) is 9.97. The predicted octanol–water partition coefficient (Wildman–Crippen LogP) is 3.85. The van der Waals surface area contributed by atoms with Gasteiger partial charge in [0.1, 0.15) is 0 Å². The number of allylic oxidation sites excluding steroid dienone is 1. The van der Waals surface area contributed by atoms with Gasteiger partial charge in [-0.1, -0.05) is 43.9 Å². The molecule has 1 aliphatic rings.